The molecule has 1 aliphatic rings. The summed E-state index contributed by atoms with van der Waals surface area (Å²) in [5, 5.41) is 8.76. The monoisotopic (exact) mass is 263 g/mol. The van der Waals surface area contributed by atoms with Gasteiger partial charge in [0.25, 0.3) is 0 Å². The van der Waals surface area contributed by atoms with Crippen molar-refractivity contribution in [2.24, 2.45) is 0 Å². The summed E-state index contributed by atoms with van der Waals surface area (Å²) >= 11 is 0. The molecule has 1 aromatic carbocycles. The van der Waals surface area contributed by atoms with Gasteiger partial charge in [-0.25, -0.2) is 0 Å². The van der Waals surface area contributed by atoms with Crippen LogP contribution in [-0.4, -0.2) is 42.4 Å². The lowest BCUT2D eigenvalue weighted by atomic mass is 10.0. The van der Waals surface area contributed by atoms with Crippen LogP contribution < -0.4 is 0 Å². The number of aryl methyl sites for hydroxylation is 2. The van der Waals surface area contributed by atoms with Crippen LogP contribution in [0, 0.1) is 13.8 Å². The smallest absolute Gasteiger partial charge is 0.0701 e. The van der Waals surface area contributed by atoms with Crippen molar-refractivity contribution in [3.8, 4) is 0 Å². The fraction of sp³-hybridized carbons (Fsp3) is 0.625. The van der Waals surface area contributed by atoms with Gasteiger partial charge in [0.1, 0.15) is 0 Å². The molecule has 0 bridgehead atoms. The second-order valence-electron chi connectivity index (χ2n) is 5.49. The molecule has 0 saturated carbocycles. The van der Waals surface area contributed by atoms with E-state index in [0.717, 1.165) is 32.5 Å². The molecule has 0 unspecified atom stereocenters. The van der Waals surface area contributed by atoms with Crippen LogP contribution in [0.15, 0.2) is 18.2 Å². The van der Waals surface area contributed by atoms with E-state index in [1.165, 1.54) is 16.7 Å². The molecule has 1 fully saturated rings. The van der Waals surface area contributed by atoms with Crippen LogP contribution in [0.25, 0.3) is 0 Å². The van der Waals surface area contributed by atoms with Crippen LogP contribution in [0.4, 0.5) is 0 Å². The zero-order valence-corrected chi connectivity index (χ0v) is 12.1. The molecule has 0 atom stereocenters. The highest BCUT2D eigenvalue weighted by Gasteiger charge is 2.19. The van der Waals surface area contributed by atoms with Gasteiger partial charge in [-0.1, -0.05) is 18.2 Å². The van der Waals surface area contributed by atoms with E-state index >= 15 is 0 Å². The Morgan fingerprint density at radius 3 is 2.58 bits per heavy atom. The predicted molar refractivity (Wildman–Crippen MR) is 77.3 cm³/mol. The van der Waals surface area contributed by atoms with E-state index in [1.807, 2.05) is 0 Å². The topological polar surface area (TPSA) is 32.7 Å². The van der Waals surface area contributed by atoms with E-state index in [0.29, 0.717) is 12.7 Å². The molecule has 2 rings (SSSR count). The fourth-order valence-corrected chi connectivity index (χ4v) is 2.61. The van der Waals surface area contributed by atoms with E-state index in [1.54, 1.807) is 0 Å². The average Bonchev–Trinajstić information content (AvgIpc) is 2.42. The molecule has 1 aliphatic heterocycles. The maximum absolute atomic E-state index is 8.76. The number of rotatable bonds is 5. The number of nitrogens with zero attached hydrogens (tertiary/aromatic N) is 1. The maximum atomic E-state index is 8.76. The Balaban J connectivity index is 1.80. The minimum absolute atomic E-state index is 0.128. The molecule has 0 spiro atoms. The van der Waals surface area contributed by atoms with Crippen LogP contribution in [0.5, 0.6) is 0 Å². The average molecular weight is 263 g/mol. The molecule has 0 aliphatic carbocycles. The molecule has 106 valence electrons. The Hall–Kier alpha value is -0.900. The third kappa shape index (κ3) is 4.30. The third-order valence-electron chi connectivity index (χ3n) is 3.96. The number of hydrogen-bond donors (Lipinski definition) is 1. The van der Waals surface area contributed by atoms with Gasteiger partial charge in [-0.3, -0.25) is 4.90 Å². The number of aliphatic hydroxyl groups is 1. The number of piperidine rings is 1. The van der Waals surface area contributed by atoms with Gasteiger partial charge in [-0.2, -0.15) is 0 Å². The molecular formula is C16H25NO2. The van der Waals surface area contributed by atoms with Gasteiger partial charge >= 0.3 is 0 Å². The number of benzene rings is 1. The van der Waals surface area contributed by atoms with Gasteiger partial charge in [-0.05, 0) is 43.4 Å². The first-order valence-corrected chi connectivity index (χ1v) is 7.20. The highest BCUT2D eigenvalue weighted by molar-refractivity contribution is 5.29. The normalized spacial score (nSPS) is 17.8. The quantitative estimate of drug-likeness (QED) is 0.884. The summed E-state index contributed by atoms with van der Waals surface area (Å²) in [6.07, 6.45) is 2.48. The zero-order valence-electron chi connectivity index (χ0n) is 12.1. The van der Waals surface area contributed by atoms with Crippen molar-refractivity contribution in [2.45, 2.75) is 39.3 Å². The molecule has 19 heavy (non-hydrogen) atoms. The first-order chi connectivity index (χ1) is 9.19. The molecule has 1 saturated heterocycles. The molecular weight excluding hydrogens is 238 g/mol. The Kier molecular flexibility index (Phi) is 5.37. The number of hydrogen-bond acceptors (Lipinski definition) is 3. The first-order valence-electron chi connectivity index (χ1n) is 7.20. The summed E-state index contributed by atoms with van der Waals surface area (Å²) in [5.41, 5.74) is 4.14. The zero-order chi connectivity index (χ0) is 13.7. The van der Waals surface area contributed by atoms with Gasteiger partial charge in [0.15, 0.2) is 0 Å². The summed E-state index contributed by atoms with van der Waals surface area (Å²) in [6.45, 7) is 8.14. The van der Waals surface area contributed by atoms with Crippen LogP contribution in [0.2, 0.25) is 0 Å². The fourth-order valence-electron chi connectivity index (χ4n) is 2.61. The first kappa shape index (κ1) is 14.5. The van der Waals surface area contributed by atoms with E-state index < -0.39 is 0 Å². The van der Waals surface area contributed by atoms with Gasteiger partial charge in [0, 0.05) is 19.6 Å². The molecule has 3 nitrogen and oxygen atoms in total. The van der Waals surface area contributed by atoms with Crippen molar-refractivity contribution in [3.05, 3.63) is 34.9 Å². The molecule has 1 aromatic rings. The predicted octanol–water partition coefficient (Wildman–Crippen LogP) is 2.28. The summed E-state index contributed by atoms with van der Waals surface area (Å²) in [6, 6.07) is 6.74. The minimum atomic E-state index is 0.128. The van der Waals surface area contributed by atoms with Crippen molar-refractivity contribution >= 4 is 0 Å². The van der Waals surface area contributed by atoms with E-state index in [-0.39, 0.29) is 6.61 Å². The molecule has 0 aromatic heterocycles. The molecule has 1 N–H and O–H groups in total. The van der Waals surface area contributed by atoms with Crippen molar-refractivity contribution in [3.63, 3.8) is 0 Å². The second-order valence-corrected chi connectivity index (χ2v) is 5.49. The molecule has 1 heterocycles. The number of aliphatic hydroxyl groups excluding tert-OH is 1. The highest BCUT2D eigenvalue weighted by Crippen LogP contribution is 2.17. The van der Waals surface area contributed by atoms with Gasteiger partial charge < -0.3 is 9.84 Å². The maximum Gasteiger partial charge on any atom is 0.0701 e. The molecule has 3 heteroatoms. The second kappa shape index (κ2) is 7.04. The van der Waals surface area contributed by atoms with Crippen LogP contribution in [0.1, 0.15) is 29.5 Å². The van der Waals surface area contributed by atoms with Gasteiger partial charge in [0.05, 0.1) is 19.3 Å². The summed E-state index contributed by atoms with van der Waals surface area (Å²) in [4.78, 5) is 2.49. The third-order valence-corrected chi connectivity index (χ3v) is 3.96. The summed E-state index contributed by atoms with van der Waals surface area (Å²) in [5.74, 6) is 0. The van der Waals surface area contributed by atoms with E-state index in [2.05, 4.69) is 36.9 Å². The van der Waals surface area contributed by atoms with Crippen molar-refractivity contribution < 1.29 is 9.84 Å². The number of ether oxygens (including phenoxy) is 1. The standard InChI is InChI=1S/C16H25NO2/c1-13-3-4-15(11-14(13)2)12-17-7-5-16(6-8-17)19-10-9-18/h3-4,11,16,18H,5-10,12H2,1-2H3. The largest absolute Gasteiger partial charge is 0.394 e. The van der Waals surface area contributed by atoms with Gasteiger partial charge in [0.2, 0.25) is 0 Å². The van der Waals surface area contributed by atoms with Gasteiger partial charge in [-0.15, -0.1) is 0 Å². The van der Waals surface area contributed by atoms with Crippen molar-refractivity contribution in [2.75, 3.05) is 26.3 Å². The molecule has 0 amide bonds. The van der Waals surface area contributed by atoms with E-state index in [9.17, 15) is 0 Å². The van der Waals surface area contributed by atoms with Crippen molar-refractivity contribution in [1.29, 1.82) is 0 Å². The Labute approximate surface area is 116 Å². The lowest BCUT2D eigenvalue weighted by molar-refractivity contribution is -0.00901. The lowest BCUT2D eigenvalue weighted by Crippen LogP contribution is -2.36. The highest BCUT2D eigenvalue weighted by atomic mass is 16.5. The van der Waals surface area contributed by atoms with Crippen LogP contribution >= 0.6 is 0 Å². The van der Waals surface area contributed by atoms with Crippen LogP contribution in [0.3, 0.4) is 0 Å². The van der Waals surface area contributed by atoms with Crippen LogP contribution in [-0.2, 0) is 11.3 Å². The van der Waals surface area contributed by atoms with Crippen molar-refractivity contribution in [1.82, 2.24) is 4.90 Å². The van der Waals surface area contributed by atoms with E-state index in [4.69, 9.17) is 9.84 Å². The molecule has 0 radical (unpaired) electrons. The Bertz CT molecular complexity index is 398. The lowest BCUT2D eigenvalue weighted by Gasteiger charge is -2.31. The summed E-state index contributed by atoms with van der Waals surface area (Å²) in [7, 11) is 0. The number of likely N-dealkylation sites (tertiary alicyclic amines) is 1. The Morgan fingerprint density at radius 1 is 1.21 bits per heavy atom. The summed E-state index contributed by atoms with van der Waals surface area (Å²) < 4.78 is 5.59. The SMILES string of the molecule is Cc1ccc(CN2CCC(OCCO)CC2)cc1C. The Morgan fingerprint density at radius 2 is 1.95 bits per heavy atom. The minimum Gasteiger partial charge on any atom is -0.394 e.